The zero-order valence-corrected chi connectivity index (χ0v) is 20.5. The van der Waals surface area contributed by atoms with Gasteiger partial charge in [0.05, 0.1) is 15.0 Å². The maximum Gasteiger partial charge on any atom is 0.435 e. The predicted octanol–water partition coefficient (Wildman–Crippen LogP) is 8.08. The molecule has 0 spiro atoms. The Morgan fingerprint density at radius 3 is 1.97 bits per heavy atom. The highest BCUT2D eigenvalue weighted by atomic mass is 35.5. The molecule has 0 unspecified atom stereocenters. The second kappa shape index (κ2) is 10.9. The standard InChI is InChI=1S/C21H15Cl3F7N3S/c1-10(35)33-8-12-4-11(2-3-15(12)22)13(7-32)9-34-18-16(23)5-14(6-17(18)24)19(25,20(26,27)28)21(29,30)31/h2-7,9H,8,32H2,1H3,(H,33,35). The first-order valence-corrected chi connectivity index (χ1v) is 10.9. The van der Waals surface area contributed by atoms with Gasteiger partial charge in [0.25, 0.3) is 0 Å². The third-order valence-electron chi connectivity index (χ3n) is 4.62. The summed E-state index contributed by atoms with van der Waals surface area (Å²) < 4.78 is 92.6. The molecule has 2 rings (SSSR count). The fourth-order valence-electron chi connectivity index (χ4n) is 2.83. The van der Waals surface area contributed by atoms with Crippen LogP contribution in [-0.2, 0) is 12.2 Å². The molecule has 2 aromatic rings. The van der Waals surface area contributed by atoms with E-state index in [1.54, 1.807) is 25.1 Å². The number of aliphatic imine (C=N–C) groups is 1. The van der Waals surface area contributed by atoms with Gasteiger partial charge in [-0.25, -0.2) is 4.39 Å². The molecule has 0 aliphatic carbocycles. The molecule has 0 aromatic heterocycles. The fourth-order valence-corrected chi connectivity index (χ4v) is 3.67. The van der Waals surface area contributed by atoms with Crippen molar-refractivity contribution in [3.63, 3.8) is 0 Å². The Bertz CT molecular complexity index is 1140. The van der Waals surface area contributed by atoms with Crippen molar-refractivity contribution in [2.75, 3.05) is 0 Å². The highest BCUT2D eigenvalue weighted by molar-refractivity contribution is 7.80. The molecular formula is C21H15Cl3F7N3S. The van der Waals surface area contributed by atoms with E-state index in [2.05, 4.69) is 10.3 Å². The molecule has 3 nitrogen and oxygen atoms in total. The van der Waals surface area contributed by atoms with Crippen molar-refractivity contribution < 1.29 is 30.7 Å². The molecule has 0 bridgehead atoms. The Kier molecular flexibility index (Phi) is 9.08. The molecule has 3 N–H and O–H groups in total. The van der Waals surface area contributed by atoms with Gasteiger partial charge in [0.1, 0.15) is 5.69 Å². The Morgan fingerprint density at radius 2 is 1.51 bits per heavy atom. The molecule has 0 atom stereocenters. The number of nitrogens with two attached hydrogens (primary N) is 1. The Labute approximate surface area is 215 Å². The van der Waals surface area contributed by atoms with Crippen LogP contribution in [0.2, 0.25) is 15.1 Å². The van der Waals surface area contributed by atoms with Crippen LogP contribution in [0.15, 0.2) is 41.5 Å². The lowest BCUT2D eigenvalue weighted by Crippen LogP contribution is -2.50. The molecule has 0 aliphatic rings. The van der Waals surface area contributed by atoms with E-state index in [0.29, 0.717) is 27.7 Å². The first-order valence-electron chi connectivity index (χ1n) is 9.34. The van der Waals surface area contributed by atoms with Crippen molar-refractivity contribution in [2.45, 2.75) is 31.5 Å². The number of allylic oxidation sites excluding steroid dienone is 1. The SMILES string of the molecule is CC(=S)NCc1cc(C(C=Nc2c(Cl)cc(C(F)(C(F)(F)F)C(F)(F)F)cc2Cl)=CN)ccc1Cl. The zero-order chi connectivity index (χ0) is 26.8. The molecule has 0 fully saturated rings. The molecule has 0 heterocycles. The van der Waals surface area contributed by atoms with Crippen LogP contribution in [0, 0.1) is 0 Å². The number of rotatable bonds is 6. The summed E-state index contributed by atoms with van der Waals surface area (Å²) in [6, 6.07) is 5.18. The van der Waals surface area contributed by atoms with E-state index in [1.165, 1.54) is 0 Å². The van der Waals surface area contributed by atoms with E-state index in [4.69, 9.17) is 52.8 Å². The van der Waals surface area contributed by atoms with E-state index in [-0.39, 0.29) is 17.7 Å². The lowest BCUT2D eigenvalue weighted by atomic mass is 9.94. The van der Waals surface area contributed by atoms with Crippen LogP contribution in [0.3, 0.4) is 0 Å². The van der Waals surface area contributed by atoms with Crippen molar-refractivity contribution in [1.82, 2.24) is 5.32 Å². The first-order chi connectivity index (χ1) is 16.0. The molecule has 0 saturated carbocycles. The number of thiocarbonyl (C=S) groups is 1. The van der Waals surface area contributed by atoms with Gasteiger partial charge in [-0.3, -0.25) is 4.99 Å². The molecule has 0 aliphatic heterocycles. The van der Waals surface area contributed by atoms with Gasteiger partial charge in [-0.05, 0) is 42.3 Å². The third-order valence-corrected chi connectivity index (χ3v) is 5.70. The van der Waals surface area contributed by atoms with E-state index >= 15 is 0 Å². The Balaban J connectivity index is 2.47. The molecule has 14 heteroatoms. The summed E-state index contributed by atoms with van der Waals surface area (Å²) in [5.74, 6) is 0. The van der Waals surface area contributed by atoms with Crippen LogP contribution in [0.5, 0.6) is 0 Å². The first kappa shape index (κ1) is 29.2. The van der Waals surface area contributed by atoms with Crippen LogP contribution in [0.25, 0.3) is 5.57 Å². The average molecular weight is 581 g/mol. The maximum atomic E-state index is 14.3. The topological polar surface area (TPSA) is 50.4 Å². The summed E-state index contributed by atoms with van der Waals surface area (Å²) in [5.41, 5.74) is -0.818. The van der Waals surface area contributed by atoms with Gasteiger partial charge in [0, 0.05) is 35.1 Å². The summed E-state index contributed by atoms with van der Waals surface area (Å²) in [7, 11) is 0. The predicted molar refractivity (Wildman–Crippen MR) is 128 cm³/mol. The number of hydrogen-bond acceptors (Lipinski definition) is 3. The summed E-state index contributed by atoms with van der Waals surface area (Å²) in [4.78, 5) is 4.47. The highest BCUT2D eigenvalue weighted by Gasteiger charge is 2.73. The molecule has 0 amide bonds. The number of benzene rings is 2. The molecule has 190 valence electrons. The lowest BCUT2D eigenvalue weighted by Gasteiger charge is -2.30. The fraction of sp³-hybridized carbons (Fsp3) is 0.238. The Morgan fingerprint density at radius 1 is 0.971 bits per heavy atom. The van der Waals surface area contributed by atoms with E-state index in [1.807, 2.05) is 0 Å². The zero-order valence-electron chi connectivity index (χ0n) is 17.5. The van der Waals surface area contributed by atoms with Gasteiger partial charge >= 0.3 is 18.0 Å². The quantitative estimate of drug-likeness (QED) is 0.206. The van der Waals surface area contributed by atoms with Crippen LogP contribution in [0.1, 0.15) is 23.6 Å². The molecular weight excluding hydrogens is 566 g/mol. The number of halogens is 10. The van der Waals surface area contributed by atoms with E-state index in [0.717, 1.165) is 12.4 Å². The minimum absolute atomic E-state index is 0.173. The Hall–Kier alpha value is -2.08. The molecule has 35 heavy (non-hydrogen) atoms. The molecule has 0 saturated heterocycles. The van der Waals surface area contributed by atoms with Crippen molar-refractivity contribution in [1.29, 1.82) is 0 Å². The lowest BCUT2D eigenvalue weighted by molar-refractivity contribution is -0.348. The van der Waals surface area contributed by atoms with Crippen LogP contribution < -0.4 is 11.1 Å². The van der Waals surface area contributed by atoms with E-state index in [9.17, 15) is 30.7 Å². The molecule has 0 radical (unpaired) electrons. The van der Waals surface area contributed by atoms with Crippen molar-refractivity contribution in [2.24, 2.45) is 10.7 Å². The van der Waals surface area contributed by atoms with Crippen LogP contribution >= 0.6 is 47.0 Å². The second-order valence-corrected chi connectivity index (χ2v) is 8.87. The third kappa shape index (κ3) is 6.38. The summed E-state index contributed by atoms with van der Waals surface area (Å²) in [5, 5.41) is 1.88. The van der Waals surface area contributed by atoms with Gasteiger partial charge < -0.3 is 11.1 Å². The van der Waals surface area contributed by atoms with Crippen LogP contribution in [-0.4, -0.2) is 23.6 Å². The van der Waals surface area contributed by atoms with Gasteiger partial charge in [0.2, 0.25) is 0 Å². The van der Waals surface area contributed by atoms with Crippen molar-refractivity contribution in [3.05, 3.63) is 68.3 Å². The minimum Gasteiger partial charge on any atom is -0.404 e. The monoisotopic (exact) mass is 579 g/mol. The summed E-state index contributed by atoms with van der Waals surface area (Å²) in [6.45, 7) is 1.99. The normalized spacial score (nSPS) is 13.4. The maximum absolute atomic E-state index is 14.3. The minimum atomic E-state index is -6.32. The number of alkyl halides is 7. The van der Waals surface area contributed by atoms with Gasteiger partial charge in [-0.2, -0.15) is 26.3 Å². The van der Waals surface area contributed by atoms with Crippen molar-refractivity contribution >= 4 is 69.5 Å². The number of nitrogens with zero attached hydrogens (tertiary/aromatic N) is 1. The van der Waals surface area contributed by atoms with Gasteiger partial charge in [-0.15, -0.1) is 0 Å². The summed E-state index contributed by atoms with van der Waals surface area (Å²) >= 11 is 22.8. The molecule has 2 aromatic carbocycles. The number of hydrogen-bond donors (Lipinski definition) is 2. The average Bonchev–Trinajstić information content (AvgIpc) is 2.73. The summed E-state index contributed by atoms with van der Waals surface area (Å²) in [6.07, 6.45) is -10.4. The highest BCUT2D eigenvalue weighted by Crippen LogP contribution is 2.54. The smallest absolute Gasteiger partial charge is 0.404 e. The van der Waals surface area contributed by atoms with Gasteiger partial charge in [0.15, 0.2) is 0 Å². The van der Waals surface area contributed by atoms with Gasteiger partial charge in [-0.1, -0.05) is 53.1 Å². The number of nitrogens with one attached hydrogen (secondary N) is 1. The van der Waals surface area contributed by atoms with Crippen LogP contribution in [0.4, 0.5) is 36.4 Å². The van der Waals surface area contributed by atoms with Crippen molar-refractivity contribution in [3.8, 4) is 0 Å². The van der Waals surface area contributed by atoms with E-state index < -0.39 is 39.3 Å². The second-order valence-electron chi connectivity index (χ2n) is 7.04. The largest absolute Gasteiger partial charge is 0.435 e.